The number of hydrogen-bond acceptors (Lipinski definition) is 2. The highest BCUT2D eigenvalue weighted by Gasteiger charge is 2.08. The molecule has 1 amide bonds. The summed E-state index contributed by atoms with van der Waals surface area (Å²) in [5.41, 5.74) is 1.31. The number of rotatable bonds is 6. The van der Waals surface area contributed by atoms with E-state index in [1.165, 1.54) is 6.07 Å². The van der Waals surface area contributed by atoms with Crippen molar-refractivity contribution in [3.8, 4) is 0 Å². The largest absolute Gasteiger partial charge is 0.381 e. The number of carbonyl (C=O) groups is 1. The standard InChI is InChI=1S/C13H17BrFNO2/c1-3-5-18-6-4-13(17)16-12-8-11(15)10(14)7-9(12)2/h7-8H,3-6H2,1-2H3,(H,16,17). The lowest BCUT2D eigenvalue weighted by molar-refractivity contribution is -0.117. The van der Waals surface area contributed by atoms with Crippen LogP contribution in [0, 0.1) is 12.7 Å². The van der Waals surface area contributed by atoms with Crippen LogP contribution >= 0.6 is 15.9 Å². The molecule has 1 N–H and O–H groups in total. The average Bonchev–Trinajstić information content (AvgIpc) is 2.32. The van der Waals surface area contributed by atoms with Crippen molar-refractivity contribution >= 4 is 27.5 Å². The zero-order valence-corrected chi connectivity index (χ0v) is 12.1. The fraction of sp³-hybridized carbons (Fsp3) is 0.462. The lowest BCUT2D eigenvalue weighted by atomic mass is 10.2. The van der Waals surface area contributed by atoms with Gasteiger partial charge in [-0.05, 0) is 47.0 Å². The van der Waals surface area contributed by atoms with Crippen LogP contribution < -0.4 is 5.32 Å². The summed E-state index contributed by atoms with van der Waals surface area (Å²) in [6.07, 6.45) is 1.20. The van der Waals surface area contributed by atoms with E-state index in [2.05, 4.69) is 21.2 Å². The number of aryl methyl sites for hydroxylation is 1. The van der Waals surface area contributed by atoms with E-state index in [1.54, 1.807) is 6.07 Å². The molecule has 0 bridgehead atoms. The molecule has 3 nitrogen and oxygen atoms in total. The summed E-state index contributed by atoms with van der Waals surface area (Å²) in [6.45, 7) is 4.86. The molecule has 1 rings (SSSR count). The molecule has 0 spiro atoms. The second-order valence-corrected chi connectivity index (χ2v) is 4.85. The molecular weight excluding hydrogens is 301 g/mol. The van der Waals surface area contributed by atoms with Crippen molar-refractivity contribution in [3.63, 3.8) is 0 Å². The van der Waals surface area contributed by atoms with Crippen LogP contribution in [0.3, 0.4) is 0 Å². The molecule has 0 saturated heterocycles. The molecule has 0 atom stereocenters. The number of ether oxygens (including phenoxy) is 1. The molecule has 0 fully saturated rings. The first kappa shape index (κ1) is 15.1. The third-order valence-electron chi connectivity index (χ3n) is 2.36. The lowest BCUT2D eigenvalue weighted by Crippen LogP contribution is -2.15. The van der Waals surface area contributed by atoms with E-state index in [0.717, 1.165) is 12.0 Å². The maximum Gasteiger partial charge on any atom is 0.226 e. The van der Waals surface area contributed by atoms with Crippen LogP contribution in [0.5, 0.6) is 0 Å². The lowest BCUT2D eigenvalue weighted by Gasteiger charge is -2.09. The minimum Gasteiger partial charge on any atom is -0.381 e. The summed E-state index contributed by atoms with van der Waals surface area (Å²) in [6, 6.07) is 2.95. The van der Waals surface area contributed by atoms with Gasteiger partial charge in [-0.15, -0.1) is 0 Å². The highest BCUT2D eigenvalue weighted by atomic mass is 79.9. The van der Waals surface area contributed by atoms with Crippen molar-refractivity contribution in [3.05, 3.63) is 28.0 Å². The Morgan fingerprint density at radius 1 is 1.44 bits per heavy atom. The Morgan fingerprint density at radius 3 is 2.83 bits per heavy atom. The number of amides is 1. The molecule has 1 aromatic carbocycles. The summed E-state index contributed by atoms with van der Waals surface area (Å²) >= 11 is 3.10. The van der Waals surface area contributed by atoms with Crippen LogP contribution in [0.1, 0.15) is 25.3 Å². The SMILES string of the molecule is CCCOCCC(=O)Nc1cc(F)c(Br)cc1C. The van der Waals surface area contributed by atoms with Gasteiger partial charge in [-0.1, -0.05) is 6.92 Å². The molecule has 0 aliphatic rings. The molecule has 0 aliphatic carbocycles. The van der Waals surface area contributed by atoms with E-state index in [-0.39, 0.29) is 12.3 Å². The van der Waals surface area contributed by atoms with Gasteiger partial charge in [-0.3, -0.25) is 4.79 Å². The van der Waals surface area contributed by atoms with Crippen molar-refractivity contribution in [1.29, 1.82) is 0 Å². The second kappa shape index (κ2) is 7.48. The van der Waals surface area contributed by atoms with Gasteiger partial charge < -0.3 is 10.1 Å². The first-order valence-corrected chi connectivity index (χ1v) is 6.67. The number of benzene rings is 1. The van der Waals surface area contributed by atoms with Gasteiger partial charge in [0.1, 0.15) is 5.82 Å². The minimum atomic E-state index is -0.391. The second-order valence-electron chi connectivity index (χ2n) is 3.99. The molecule has 0 saturated carbocycles. The molecule has 5 heteroatoms. The highest BCUT2D eigenvalue weighted by molar-refractivity contribution is 9.10. The number of nitrogens with one attached hydrogen (secondary N) is 1. The monoisotopic (exact) mass is 317 g/mol. The third kappa shape index (κ3) is 4.74. The highest BCUT2D eigenvalue weighted by Crippen LogP contribution is 2.23. The Balaban J connectivity index is 2.51. The molecular formula is C13H17BrFNO2. The smallest absolute Gasteiger partial charge is 0.226 e. The van der Waals surface area contributed by atoms with Gasteiger partial charge >= 0.3 is 0 Å². The van der Waals surface area contributed by atoms with Crippen molar-refractivity contribution in [1.82, 2.24) is 0 Å². The summed E-state index contributed by atoms with van der Waals surface area (Å²) in [5, 5.41) is 2.68. The van der Waals surface area contributed by atoms with Crippen LogP contribution in [0.2, 0.25) is 0 Å². The Kier molecular flexibility index (Phi) is 6.29. The third-order valence-corrected chi connectivity index (χ3v) is 2.97. The molecule has 18 heavy (non-hydrogen) atoms. The van der Waals surface area contributed by atoms with E-state index in [4.69, 9.17) is 4.74 Å². The molecule has 0 aromatic heterocycles. The van der Waals surface area contributed by atoms with Crippen LogP contribution in [0.4, 0.5) is 10.1 Å². The van der Waals surface area contributed by atoms with E-state index >= 15 is 0 Å². The molecule has 1 aromatic rings. The quantitative estimate of drug-likeness (QED) is 0.813. The Bertz CT molecular complexity index is 424. The molecule has 0 heterocycles. The maximum atomic E-state index is 13.3. The topological polar surface area (TPSA) is 38.3 Å². The molecule has 0 aliphatic heterocycles. The fourth-order valence-corrected chi connectivity index (χ4v) is 1.86. The zero-order valence-electron chi connectivity index (χ0n) is 10.6. The van der Waals surface area contributed by atoms with Crippen molar-refractivity contribution in [2.75, 3.05) is 18.5 Å². The van der Waals surface area contributed by atoms with Gasteiger partial charge in [-0.2, -0.15) is 0 Å². The van der Waals surface area contributed by atoms with Gasteiger partial charge in [0.25, 0.3) is 0 Å². The van der Waals surface area contributed by atoms with E-state index in [0.29, 0.717) is 23.4 Å². The van der Waals surface area contributed by atoms with Crippen LogP contribution in [0.15, 0.2) is 16.6 Å². The first-order chi connectivity index (χ1) is 8.54. The van der Waals surface area contributed by atoms with Gasteiger partial charge in [-0.25, -0.2) is 4.39 Å². The van der Waals surface area contributed by atoms with Gasteiger partial charge in [0, 0.05) is 12.3 Å². The predicted molar refractivity (Wildman–Crippen MR) is 73.2 cm³/mol. The van der Waals surface area contributed by atoms with Crippen LogP contribution in [-0.2, 0) is 9.53 Å². The molecule has 100 valence electrons. The van der Waals surface area contributed by atoms with E-state index < -0.39 is 5.82 Å². The summed E-state index contributed by atoms with van der Waals surface area (Å²) in [7, 11) is 0. The number of anilines is 1. The number of halogens is 2. The first-order valence-electron chi connectivity index (χ1n) is 5.87. The zero-order chi connectivity index (χ0) is 13.5. The predicted octanol–water partition coefficient (Wildman–Crippen LogP) is 3.65. The van der Waals surface area contributed by atoms with E-state index in [9.17, 15) is 9.18 Å². The van der Waals surface area contributed by atoms with Gasteiger partial charge in [0.2, 0.25) is 5.91 Å². The van der Waals surface area contributed by atoms with Gasteiger partial charge in [0.15, 0.2) is 0 Å². The maximum absolute atomic E-state index is 13.3. The molecule has 0 radical (unpaired) electrons. The summed E-state index contributed by atoms with van der Waals surface area (Å²) in [4.78, 5) is 11.6. The van der Waals surface area contributed by atoms with Crippen LogP contribution in [0.25, 0.3) is 0 Å². The normalized spacial score (nSPS) is 10.4. The minimum absolute atomic E-state index is 0.170. The Labute approximate surface area is 115 Å². The van der Waals surface area contributed by atoms with Crippen molar-refractivity contribution in [2.45, 2.75) is 26.7 Å². The fourth-order valence-electron chi connectivity index (χ4n) is 1.40. The van der Waals surface area contributed by atoms with Crippen LogP contribution in [-0.4, -0.2) is 19.1 Å². The van der Waals surface area contributed by atoms with Gasteiger partial charge in [0.05, 0.1) is 17.5 Å². The van der Waals surface area contributed by atoms with Crippen molar-refractivity contribution < 1.29 is 13.9 Å². The molecule has 0 unspecified atom stereocenters. The Morgan fingerprint density at radius 2 is 2.17 bits per heavy atom. The summed E-state index contributed by atoms with van der Waals surface area (Å²) in [5.74, 6) is -0.561. The number of hydrogen-bond donors (Lipinski definition) is 1. The number of carbonyl (C=O) groups excluding carboxylic acids is 1. The van der Waals surface area contributed by atoms with Crippen molar-refractivity contribution in [2.24, 2.45) is 0 Å². The summed E-state index contributed by atoms with van der Waals surface area (Å²) < 4.78 is 19.0. The average molecular weight is 318 g/mol. The van der Waals surface area contributed by atoms with E-state index in [1.807, 2.05) is 13.8 Å². The Hall–Kier alpha value is -0.940.